The van der Waals surface area contributed by atoms with Gasteiger partial charge in [-0.15, -0.1) is 0 Å². The molecule has 61 heavy (non-hydrogen) atoms. The van der Waals surface area contributed by atoms with Crippen LogP contribution in [0.15, 0.2) is 217 Å². The van der Waals surface area contributed by atoms with Crippen molar-refractivity contribution < 1.29 is 0 Å². The summed E-state index contributed by atoms with van der Waals surface area (Å²) in [6.45, 7) is 0. The fraction of sp³-hybridized carbons (Fsp3) is 0.0345. The van der Waals surface area contributed by atoms with E-state index in [2.05, 4.69) is 243 Å². The van der Waals surface area contributed by atoms with Gasteiger partial charge in [-0.3, -0.25) is 0 Å². The Kier molecular flexibility index (Phi) is 8.50. The zero-order valence-electron chi connectivity index (χ0n) is 33.3. The number of halogens is 1. The highest BCUT2D eigenvalue weighted by molar-refractivity contribution is 9.10. The fourth-order valence-corrected chi connectivity index (χ4v) is 10.3. The second-order valence-electron chi connectivity index (χ2n) is 16.2. The van der Waals surface area contributed by atoms with Gasteiger partial charge >= 0.3 is 0 Å². The number of hydrogen-bond acceptors (Lipinski definition) is 0. The third-order valence-corrected chi connectivity index (χ3v) is 13.2. The summed E-state index contributed by atoms with van der Waals surface area (Å²) in [5, 5.41) is 6.27. The van der Waals surface area contributed by atoms with Gasteiger partial charge in [0.15, 0.2) is 0 Å². The van der Waals surface area contributed by atoms with Crippen molar-refractivity contribution in [2.75, 3.05) is 0 Å². The maximum Gasteiger partial charge on any atom is 0.0547 e. The molecule has 1 atom stereocenters. The van der Waals surface area contributed by atoms with Crippen LogP contribution in [-0.2, 0) is 0 Å². The normalized spacial score (nSPS) is 13.7. The van der Waals surface area contributed by atoms with Gasteiger partial charge in [-0.1, -0.05) is 180 Å². The molecule has 288 valence electrons. The standard InChI is InChI=1S/C58H39BrN2/c59-46-20-10-18-40(35-46)43-32-44(42-30-31-52-50-23-6-8-27-55(50)60(57(52)37-42)47-21-11-19-41(36-47)38-14-2-1-3-15-38)34-45(33-43)49-25-13-26-53-51-24-7-9-28-56(51)61(58(49)53)54-29-12-17-39-16-4-5-22-48(39)54/h1-24,26-37,49H,25H2. The fourth-order valence-electron chi connectivity index (χ4n) is 9.93. The second-order valence-corrected chi connectivity index (χ2v) is 17.1. The Hall–Kier alpha value is -7.20. The van der Waals surface area contributed by atoms with Crippen LogP contribution in [-0.4, -0.2) is 9.13 Å². The van der Waals surface area contributed by atoms with Crippen molar-refractivity contribution in [3.05, 3.63) is 234 Å². The summed E-state index contributed by atoms with van der Waals surface area (Å²) in [5.41, 5.74) is 17.1. The minimum absolute atomic E-state index is 0.119. The van der Waals surface area contributed by atoms with E-state index >= 15 is 0 Å². The third kappa shape index (κ3) is 5.99. The Morgan fingerprint density at radius 3 is 1.85 bits per heavy atom. The quantitative estimate of drug-likeness (QED) is 0.158. The molecule has 1 aliphatic carbocycles. The molecular formula is C58H39BrN2. The molecule has 0 amide bonds. The van der Waals surface area contributed by atoms with Crippen LogP contribution in [0.3, 0.4) is 0 Å². The van der Waals surface area contributed by atoms with Crippen molar-refractivity contribution >= 4 is 65.5 Å². The van der Waals surface area contributed by atoms with E-state index in [-0.39, 0.29) is 5.92 Å². The maximum absolute atomic E-state index is 3.79. The van der Waals surface area contributed by atoms with Crippen molar-refractivity contribution in [3.63, 3.8) is 0 Å². The first-order valence-electron chi connectivity index (χ1n) is 21.0. The lowest BCUT2D eigenvalue weighted by atomic mass is 9.83. The highest BCUT2D eigenvalue weighted by Crippen LogP contribution is 2.46. The summed E-state index contributed by atoms with van der Waals surface area (Å²) in [5.74, 6) is 0.119. The Morgan fingerprint density at radius 1 is 0.410 bits per heavy atom. The highest BCUT2D eigenvalue weighted by atomic mass is 79.9. The molecule has 1 aliphatic rings. The second kappa shape index (κ2) is 14.5. The predicted molar refractivity (Wildman–Crippen MR) is 261 cm³/mol. The van der Waals surface area contributed by atoms with Crippen LogP contribution in [0.2, 0.25) is 0 Å². The predicted octanol–water partition coefficient (Wildman–Crippen LogP) is 16.2. The molecule has 0 aliphatic heterocycles. The summed E-state index contributed by atoms with van der Waals surface area (Å²) in [6, 6.07) is 75.9. The van der Waals surface area contributed by atoms with Crippen LogP contribution in [0.1, 0.15) is 29.2 Å². The number of aromatic nitrogens is 2. The number of fused-ring (bicyclic) bond motifs is 7. The molecule has 0 radical (unpaired) electrons. The van der Waals surface area contributed by atoms with E-state index in [9.17, 15) is 0 Å². The van der Waals surface area contributed by atoms with E-state index < -0.39 is 0 Å². The lowest BCUT2D eigenvalue weighted by Gasteiger charge is -2.25. The number of rotatable bonds is 6. The molecule has 0 spiro atoms. The maximum atomic E-state index is 3.79. The average molecular weight is 844 g/mol. The van der Waals surface area contributed by atoms with Gasteiger partial charge in [0.25, 0.3) is 0 Å². The zero-order chi connectivity index (χ0) is 40.4. The zero-order valence-corrected chi connectivity index (χ0v) is 34.9. The number of hydrogen-bond donors (Lipinski definition) is 0. The summed E-state index contributed by atoms with van der Waals surface area (Å²) < 4.78 is 6.07. The van der Waals surface area contributed by atoms with Crippen molar-refractivity contribution in [3.8, 4) is 44.8 Å². The molecule has 0 saturated heterocycles. The Balaban J connectivity index is 1.09. The van der Waals surface area contributed by atoms with E-state index in [1.165, 1.54) is 99.4 Å². The number of para-hydroxylation sites is 2. The van der Waals surface area contributed by atoms with Crippen LogP contribution in [0.25, 0.3) is 94.3 Å². The van der Waals surface area contributed by atoms with Crippen LogP contribution in [0.5, 0.6) is 0 Å². The number of allylic oxidation sites excluding steroid dienone is 1. The van der Waals surface area contributed by atoms with Gasteiger partial charge in [0.05, 0.1) is 22.2 Å². The van der Waals surface area contributed by atoms with Crippen molar-refractivity contribution in [2.24, 2.45) is 0 Å². The van der Waals surface area contributed by atoms with Gasteiger partial charge in [0.2, 0.25) is 0 Å². The van der Waals surface area contributed by atoms with Gasteiger partial charge in [-0.25, -0.2) is 0 Å². The van der Waals surface area contributed by atoms with Crippen LogP contribution in [0.4, 0.5) is 0 Å². The van der Waals surface area contributed by atoms with Crippen molar-refractivity contribution in [2.45, 2.75) is 12.3 Å². The average Bonchev–Trinajstić information content (AvgIpc) is 3.84. The molecule has 2 heterocycles. The molecule has 12 rings (SSSR count). The van der Waals surface area contributed by atoms with Crippen molar-refractivity contribution in [1.82, 2.24) is 9.13 Å². The molecule has 0 bridgehead atoms. The van der Waals surface area contributed by atoms with Gasteiger partial charge in [-0.05, 0) is 105 Å². The van der Waals surface area contributed by atoms with E-state index in [0.717, 1.165) is 16.6 Å². The van der Waals surface area contributed by atoms with Crippen molar-refractivity contribution in [1.29, 1.82) is 0 Å². The molecule has 3 heteroatoms. The lowest BCUT2D eigenvalue weighted by molar-refractivity contribution is 0.766. The molecule has 0 saturated carbocycles. The Labute approximate surface area is 363 Å². The Morgan fingerprint density at radius 2 is 1.03 bits per heavy atom. The SMILES string of the molecule is Brc1cccc(-c2cc(-c3ccc4c5ccccc5n(-c5cccc(-c6ccccc6)c5)c4c3)cc(C3CC=Cc4c3n(-c3cccc5ccccc35)c3ccccc43)c2)c1. The monoisotopic (exact) mass is 842 g/mol. The molecule has 11 aromatic rings. The lowest BCUT2D eigenvalue weighted by Crippen LogP contribution is -2.11. The number of nitrogens with zero attached hydrogens (tertiary/aromatic N) is 2. The molecule has 2 nitrogen and oxygen atoms in total. The first-order valence-corrected chi connectivity index (χ1v) is 21.8. The molecule has 0 fully saturated rings. The van der Waals surface area contributed by atoms with E-state index in [4.69, 9.17) is 0 Å². The third-order valence-electron chi connectivity index (χ3n) is 12.7. The first kappa shape index (κ1) is 35.7. The van der Waals surface area contributed by atoms with Gasteiger partial charge in [-0.2, -0.15) is 0 Å². The minimum atomic E-state index is 0.119. The molecule has 2 aromatic heterocycles. The summed E-state index contributed by atoms with van der Waals surface area (Å²) in [6.07, 6.45) is 5.64. The first-order chi connectivity index (χ1) is 30.2. The van der Waals surface area contributed by atoms with Gasteiger partial charge in [0, 0.05) is 48.9 Å². The van der Waals surface area contributed by atoms with E-state index in [1.54, 1.807) is 0 Å². The molecular weight excluding hydrogens is 805 g/mol. The van der Waals surface area contributed by atoms with Gasteiger partial charge < -0.3 is 9.13 Å². The summed E-state index contributed by atoms with van der Waals surface area (Å²) >= 11 is 3.79. The van der Waals surface area contributed by atoms with Crippen LogP contribution >= 0.6 is 15.9 Å². The van der Waals surface area contributed by atoms with Gasteiger partial charge in [0.1, 0.15) is 0 Å². The minimum Gasteiger partial charge on any atom is -0.312 e. The summed E-state index contributed by atoms with van der Waals surface area (Å²) in [4.78, 5) is 0. The Bertz CT molecular complexity index is 3530. The number of benzene rings is 9. The smallest absolute Gasteiger partial charge is 0.0547 e. The highest BCUT2D eigenvalue weighted by Gasteiger charge is 2.29. The molecule has 1 unspecified atom stereocenters. The van der Waals surface area contributed by atoms with Crippen LogP contribution in [0, 0.1) is 0 Å². The van der Waals surface area contributed by atoms with E-state index in [0.29, 0.717) is 0 Å². The molecule has 9 aromatic carbocycles. The van der Waals surface area contributed by atoms with Crippen LogP contribution < -0.4 is 0 Å². The molecule has 0 N–H and O–H groups in total. The summed E-state index contributed by atoms with van der Waals surface area (Å²) in [7, 11) is 0. The van der Waals surface area contributed by atoms with E-state index in [1.807, 2.05) is 0 Å². The topological polar surface area (TPSA) is 9.86 Å². The largest absolute Gasteiger partial charge is 0.312 e.